The van der Waals surface area contributed by atoms with Crippen LogP contribution in [0.3, 0.4) is 0 Å². The van der Waals surface area contributed by atoms with Crippen molar-refractivity contribution in [1.82, 2.24) is 4.98 Å². The first-order chi connectivity index (χ1) is 10.3. The second kappa shape index (κ2) is 6.76. The number of carbonyl (C=O) groups excluding carboxylic acids is 1. The van der Waals surface area contributed by atoms with E-state index in [1.807, 2.05) is 0 Å². The minimum Gasteiger partial charge on any atom is -0.326 e. The molecule has 1 heterocycles. The van der Waals surface area contributed by atoms with Crippen LogP contribution in [0.5, 0.6) is 0 Å². The maximum atomic E-state index is 12.3. The monoisotopic (exact) mass is 447 g/mol. The van der Waals surface area contributed by atoms with E-state index in [2.05, 4.69) is 46.9 Å². The molecule has 0 saturated carbocycles. The van der Waals surface area contributed by atoms with E-state index in [0.717, 1.165) is 4.47 Å². The van der Waals surface area contributed by atoms with Gasteiger partial charge in [0.1, 0.15) is 0 Å². The summed E-state index contributed by atoms with van der Waals surface area (Å²) in [4.78, 5) is 15.0. The van der Waals surface area contributed by atoms with Crippen LogP contribution >= 0.6 is 31.9 Å². The molecule has 2 aromatic rings. The molecule has 1 amide bonds. The van der Waals surface area contributed by atoms with Crippen LogP contribution in [-0.4, -0.2) is 19.3 Å². The Morgan fingerprint density at radius 2 is 1.82 bits per heavy atom. The average Bonchev–Trinajstić information content (AvgIpc) is 2.42. The van der Waals surface area contributed by atoms with Gasteiger partial charge in [0, 0.05) is 23.3 Å². The zero-order valence-corrected chi connectivity index (χ0v) is 15.3. The largest absolute Gasteiger partial charge is 0.326 e. The molecule has 0 unspecified atom stereocenters. The summed E-state index contributed by atoms with van der Waals surface area (Å²) in [7, 11) is -3.76. The molecule has 2 N–H and O–H groups in total. The Morgan fingerprint density at radius 3 is 2.36 bits per heavy atom. The van der Waals surface area contributed by atoms with Crippen LogP contribution in [0, 0.1) is 0 Å². The van der Waals surface area contributed by atoms with Crippen molar-refractivity contribution in [2.75, 3.05) is 10.0 Å². The van der Waals surface area contributed by atoms with E-state index in [9.17, 15) is 13.2 Å². The molecule has 0 aliphatic rings. The Labute approximate surface area is 144 Å². The molecule has 0 saturated heterocycles. The number of aromatic nitrogens is 1. The second-order valence-electron chi connectivity index (χ2n) is 4.30. The lowest BCUT2D eigenvalue weighted by Gasteiger charge is -2.10. The van der Waals surface area contributed by atoms with Crippen LogP contribution in [0.15, 0.2) is 50.4 Å². The van der Waals surface area contributed by atoms with Crippen molar-refractivity contribution >= 4 is 59.3 Å². The molecule has 0 atom stereocenters. The van der Waals surface area contributed by atoms with Gasteiger partial charge in [-0.3, -0.25) is 9.52 Å². The molecule has 0 radical (unpaired) electrons. The number of carbonyl (C=O) groups is 1. The SMILES string of the molecule is CC(=O)Nc1ccc(S(=O)(=O)Nc2ncc(Br)cc2Br)cc1. The number of anilines is 2. The Kier molecular flexibility index (Phi) is 5.20. The van der Waals surface area contributed by atoms with Gasteiger partial charge in [0.15, 0.2) is 5.82 Å². The topological polar surface area (TPSA) is 88.2 Å². The summed E-state index contributed by atoms with van der Waals surface area (Å²) >= 11 is 6.49. The van der Waals surface area contributed by atoms with E-state index in [-0.39, 0.29) is 16.6 Å². The van der Waals surface area contributed by atoms with Crippen molar-refractivity contribution < 1.29 is 13.2 Å². The van der Waals surface area contributed by atoms with Gasteiger partial charge in [-0.25, -0.2) is 13.4 Å². The van der Waals surface area contributed by atoms with Gasteiger partial charge in [-0.2, -0.15) is 0 Å². The molecule has 9 heteroatoms. The number of nitrogens with zero attached hydrogens (tertiary/aromatic N) is 1. The fraction of sp³-hybridized carbons (Fsp3) is 0.0769. The fourth-order valence-corrected chi connectivity index (χ4v) is 3.84. The van der Waals surface area contributed by atoms with Crippen LogP contribution in [-0.2, 0) is 14.8 Å². The van der Waals surface area contributed by atoms with Gasteiger partial charge >= 0.3 is 0 Å². The normalized spacial score (nSPS) is 11.0. The molecule has 1 aromatic heterocycles. The van der Waals surface area contributed by atoms with Gasteiger partial charge in [-0.05, 0) is 62.2 Å². The highest BCUT2D eigenvalue weighted by molar-refractivity contribution is 9.11. The van der Waals surface area contributed by atoms with E-state index in [1.165, 1.54) is 37.4 Å². The summed E-state index contributed by atoms with van der Waals surface area (Å²) in [6.45, 7) is 1.38. The Morgan fingerprint density at radius 1 is 1.18 bits per heavy atom. The molecule has 0 aliphatic heterocycles. The molecule has 0 spiro atoms. The van der Waals surface area contributed by atoms with Crippen LogP contribution < -0.4 is 10.0 Å². The average molecular weight is 449 g/mol. The van der Waals surface area contributed by atoms with E-state index < -0.39 is 10.0 Å². The number of hydrogen-bond donors (Lipinski definition) is 2. The van der Waals surface area contributed by atoms with Crippen molar-refractivity contribution in [1.29, 1.82) is 0 Å². The number of sulfonamides is 1. The number of halogens is 2. The fourth-order valence-electron chi connectivity index (χ4n) is 1.60. The van der Waals surface area contributed by atoms with Gasteiger partial charge in [-0.15, -0.1) is 0 Å². The zero-order chi connectivity index (χ0) is 16.3. The zero-order valence-electron chi connectivity index (χ0n) is 11.3. The maximum absolute atomic E-state index is 12.3. The van der Waals surface area contributed by atoms with Crippen LogP contribution in [0.2, 0.25) is 0 Å². The molecule has 0 bridgehead atoms. The second-order valence-corrected chi connectivity index (χ2v) is 7.75. The van der Waals surface area contributed by atoms with Crippen LogP contribution in [0.25, 0.3) is 0 Å². The van der Waals surface area contributed by atoms with Crippen molar-refractivity contribution in [3.8, 4) is 0 Å². The van der Waals surface area contributed by atoms with Crippen molar-refractivity contribution in [3.63, 3.8) is 0 Å². The summed E-state index contributed by atoms with van der Waals surface area (Å²) in [5, 5.41) is 2.57. The lowest BCUT2D eigenvalue weighted by Crippen LogP contribution is -2.14. The van der Waals surface area contributed by atoms with E-state index in [0.29, 0.717) is 10.2 Å². The molecule has 0 aliphatic carbocycles. The highest BCUT2D eigenvalue weighted by Gasteiger charge is 2.16. The van der Waals surface area contributed by atoms with Crippen molar-refractivity contribution in [3.05, 3.63) is 45.5 Å². The summed E-state index contributed by atoms with van der Waals surface area (Å²) in [6, 6.07) is 7.52. The molecule has 2 rings (SSSR count). The Balaban J connectivity index is 2.24. The van der Waals surface area contributed by atoms with Crippen LogP contribution in [0.1, 0.15) is 6.92 Å². The molecular weight excluding hydrogens is 438 g/mol. The molecule has 6 nitrogen and oxygen atoms in total. The van der Waals surface area contributed by atoms with Gasteiger partial charge in [0.05, 0.1) is 9.37 Å². The van der Waals surface area contributed by atoms with Crippen LogP contribution in [0.4, 0.5) is 11.5 Å². The third-order valence-electron chi connectivity index (χ3n) is 2.52. The molecule has 1 aromatic carbocycles. The molecule has 22 heavy (non-hydrogen) atoms. The summed E-state index contributed by atoms with van der Waals surface area (Å²) in [6.07, 6.45) is 1.49. The lowest BCUT2D eigenvalue weighted by atomic mass is 10.3. The van der Waals surface area contributed by atoms with Crippen molar-refractivity contribution in [2.24, 2.45) is 0 Å². The van der Waals surface area contributed by atoms with Gasteiger partial charge in [-0.1, -0.05) is 0 Å². The third-order valence-corrected chi connectivity index (χ3v) is 4.92. The predicted octanol–water partition coefficient (Wildman–Crippen LogP) is 3.37. The van der Waals surface area contributed by atoms with E-state index >= 15 is 0 Å². The van der Waals surface area contributed by atoms with E-state index in [1.54, 1.807) is 6.07 Å². The van der Waals surface area contributed by atoms with Crippen molar-refractivity contribution in [2.45, 2.75) is 11.8 Å². The Hall–Kier alpha value is -1.45. The highest BCUT2D eigenvalue weighted by atomic mass is 79.9. The van der Waals surface area contributed by atoms with Gasteiger partial charge in [0.25, 0.3) is 10.0 Å². The number of amides is 1. The maximum Gasteiger partial charge on any atom is 0.263 e. The smallest absolute Gasteiger partial charge is 0.263 e. The van der Waals surface area contributed by atoms with Gasteiger partial charge < -0.3 is 5.32 Å². The van der Waals surface area contributed by atoms with E-state index in [4.69, 9.17) is 0 Å². The number of pyridine rings is 1. The predicted molar refractivity (Wildman–Crippen MR) is 91.2 cm³/mol. The number of rotatable bonds is 4. The quantitative estimate of drug-likeness (QED) is 0.750. The first-order valence-electron chi connectivity index (χ1n) is 5.99. The highest BCUT2D eigenvalue weighted by Crippen LogP contribution is 2.26. The van der Waals surface area contributed by atoms with Gasteiger partial charge in [0.2, 0.25) is 5.91 Å². The number of nitrogens with one attached hydrogen (secondary N) is 2. The minimum atomic E-state index is -3.76. The number of hydrogen-bond acceptors (Lipinski definition) is 4. The molecule has 116 valence electrons. The summed E-state index contributed by atoms with van der Waals surface area (Å²) in [5.41, 5.74) is 0.523. The minimum absolute atomic E-state index is 0.0678. The molecular formula is C13H11Br2N3O3S. The summed E-state index contributed by atoms with van der Waals surface area (Å²) in [5.74, 6) is -0.0362. The summed E-state index contributed by atoms with van der Waals surface area (Å²) < 4.78 is 28.2. The first kappa shape index (κ1) is 16.9. The number of benzene rings is 1. The Bertz CT molecular complexity index is 808. The molecule has 0 fully saturated rings. The lowest BCUT2D eigenvalue weighted by molar-refractivity contribution is -0.114. The third kappa shape index (κ3) is 4.28. The standard InChI is InChI=1S/C13H11Br2N3O3S/c1-8(19)17-10-2-4-11(5-3-10)22(20,21)18-13-12(15)6-9(14)7-16-13/h2-7H,1H3,(H,16,18)(H,17,19). The first-order valence-corrected chi connectivity index (χ1v) is 9.06.